The Hall–Kier alpha value is -2.70. The maximum absolute atomic E-state index is 12.7. The average Bonchev–Trinajstić information content (AvgIpc) is 3.25. The minimum absolute atomic E-state index is 0.00598. The smallest absolute Gasteiger partial charge is 0.228 e. The highest BCUT2D eigenvalue weighted by Crippen LogP contribution is 2.24. The zero-order valence-corrected chi connectivity index (χ0v) is 15.7. The van der Waals surface area contributed by atoms with Crippen molar-refractivity contribution in [1.82, 2.24) is 10.2 Å². The number of fused-ring (bicyclic) bond motifs is 1. The third-order valence-corrected chi connectivity index (χ3v) is 5.39. The van der Waals surface area contributed by atoms with Gasteiger partial charge in [0, 0.05) is 25.3 Å². The minimum atomic E-state index is -0.284. The molecule has 1 saturated heterocycles. The van der Waals surface area contributed by atoms with E-state index in [1.807, 2.05) is 48.5 Å². The molecule has 28 heavy (non-hydrogen) atoms. The number of aliphatic hydroxyl groups excluding tert-OH is 1. The molecular weight excluding hydrogens is 354 g/mol. The van der Waals surface area contributed by atoms with Crippen molar-refractivity contribution < 1.29 is 14.7 Å². The molecular formula is C22H25N3O3. The Kier molecular flexibility index (Phi) is 5.41. The van der Waals surface area contributed by atoms with E-state index in [2.05, 4.69) is 15.5 Å². The van der Waals surface area contributed by atoms with E-state index >= 15 is 0 Å². The number of anilines is 1. The number of β-amino-alcohol motifs (C(OH)–C–C–N with tert-alkyl or cyclic N) is 1. The highest BCUT2D eigenvalue weighted by Gasteiger charge is 2.25. The molecule has 0 radical (unpaired) electrons. The van der Waals surface area contributed by atoms with Gasteiger partial charge in [-0.05, 0) is 29.2 Å². The fourth-order valence-corrected chi connectivity index (χ4v) is 3.96. The molecule has 2 heterocycles. The van der Waals surface area contributed by atoms with Gasteiger partial charge in [0.25, 0.3) is 0 Å². The summed E-state index contributed by atoms with van der Waals surface area (Å²) < 4.78 is 0. The number of amides is 2. The van der Waals surface area contributed by atoms with Crippen LogP contribution in [-0.2, 0) is 22.4 Å². The van der Waals surface area contributed by atoms with E-state index in [4.69, 9.17) is 0 Å². The van der Waals surface area contributed by atoms with Crippen LogP contribution in [0.1, 0.15) is 29.2 Å². The van der Waals surface area contributed by atoms with Crippen molar-refractivity contribution in [3.63, 3.8) is 0 Å². The number of likely N-dealkylation sites (tertiary alicyclic amines) is 1. The van der Waals surface area contributed by atoms with E-state index in [1.54, 1.807) is 0 Å². The van der Waals surface area contributed by atoms with Gasteiger partial charge in [-0.2, -0.15) is 0 Å². The number of hydrogen-bond donors (Lipinski definition) is 3. The molecule has 4 rings (SSSR count). The molecule has 6 heteroatoms. The lowest BCUT2D eigenvalue weighted by Gasteiger charge is -2.25. The van der Waals surface area contributed by atoms with Gasteiger partial charge in [-0.3, -0.25) is 14.5 Å². The molecule has 0 bridgehead atoms. The van der Waals surface area contributed by atoms with Crippen LogP contribution in [-0.4, -0.2) is 47.6 Å². The molecule has 2 aromatic rings. The highest BCUT2D eigenvalue weighted by atomic mass is 16.3. The van der Waals surface area contributed by atoms with Crippen molar-refractivity contribution >= 4 is 17.5 Å². The maximum Gasteiger partial charge on any atom is 0.228 e. The Balaban J connectivity index is 1.43. The fraction of sp³-hybridized carbons (Fsp3) is 0.364. The van der Waals surface area contributed by atoms with Gasteiger partial charge in [-0.25, -0.2) is 0 Å². The topological polar surface area (TPSA) is 81.7 Å². The molecule has 1 fully saturated rings. The SMILES string of the molecule is O=C1Cc2ccc(CC(=O)N[C@H](CN3CCC(O)C3)c3ccccc3)cc2N1. The zero-order chi connectivity index (χ0) is 19.5. The van der Waals surface area contributed by atoms with Crippen molar-refractivity contribution in [2.75, 3.05) is 25.0 Å². The normalized spacial score (nSPS) is 19.9. The van der Waals surface area contributed by atoms with Crippen molar-refractivity contribution in [3.05, 3.63) is 65.2 Å². The van der Waals surface area contributed by atoms with Gasteiger partial charge in [0.05, 0.1) is 25.0 Å². The van der Waals surface area contributed by atoms with Gasteiger partial charge >= 0.3 is 0 Å². The number of benzene rings is 2. The summed E-state index contributed by atoms with van der Waals surface area (Å²) in [5.41, 5.74) is 3.71. The van der Waals surface area contributed by atoms with Gasteiger partial charge in [0.15, 0.2) is 0 Å². The Labute approximate surface area is 164 Å². The van der Waals surface area contributed by atoms with Crippen LogP contribution in [0.3, 0.4) is 0 Å². The summed E-state index contributed by atoms with van der Waals surface area (Å²) in [6.07, 6.45) is 1.15. The molecule has 2 amide bonds. The van der Waals surface area contributed by atoms with Crippen molar-refractivity contribution in [2.24, 2.45) is 0 Å². The average molecular weight is 379 g/mol. The lowest BCUT2D eigenvalue weighted by Crippen LogP contribution is -2.38. The fourth-order valence-electron chi connectivity index (χ4n) is 3.96. The molecule has 0 aromatic heterocycles. The summed E-state index contributed by atoms with van der Waals surface area (Å²) in [6, 6.07) is 15.5. The second kappa shape index (κ2) is 8.12. The minimum Gasteiger partial charge on any atom is -0.392 e. The second-order valence-electron chi connectivity index (χ2n) is 7.63. The standard InChI is InChI=1S/C22H25N3O3/c26-18-8-9-25(13-18)14-20(16-4-2-1-3-5-16)24-21(27)11-15-6-7-17-12-22(28)23-19(17)10-15/h1-7,10,18,20,26H,8-9,11-14H2,(H,23,28)(H,24,27)/t18?,20-/m1/s1. The summed E-state index contributed by atoms with van der Waals surface area (Å²) in [6.45, 7) is 2.15. The van der Waals surface area contributed by atoms with Crippen molar-refractivity contribution in [1.29, 1.82) is 0 Å². The number of hydrogen-bond acceptors (Lipinski definition) is 4. The van der Waals surface area contributed by atoms with E-state index in [1.165, 1.54) is 0 Å². The molecule has 2 atom stereocenters. The molecule has 146 valence electrons. The number of aliphatic hydroxyl groups is 1. The van der Waals surface area contributed by atoms with Crippen LogP contribution >= 0.6 is 0 Å². The van der Waals surface area contributed by atoms with E-state index in [9.17, 15) is 14.7 Å². The molecule has 6 nitrogen and oxygen atoms in total. The summed E-state index contributed by atoms with van der Waals surface area (Å²) >= 11 is 0. The predicted octanol–water partition coefficient (Wildman–Crippen LogP) is 1.65. The highest BCUT2D eigenvalue weighted by molar-refractivity contribution is 5.99. The number of rotatable bonds is 6. The van der Waals surface area contributed by atoms with Crippen LogP contribution < -0.4 is 10.6 Å². The monoisotopic (exact) mass is 379 g/mol. The summed E-state index contributed by atoms with van der Waals surface area (Å²) in [5, 5.41) is 15.8. The first-order valence-corrected chi connectivity index (χ1v) is 9.73. The first-order chi connectivity index (χ1) is 13.6. The summed E-state index contributed by atoms with van der Waals surface area (Å²) in [7, 11) is 0. The predicted molar refractivity (Wildman–Crippen MR) is 107 cm³/mol. The van der Waals surface area contributed by atoms with Gasteiger partial charge in [-0.1, -0.05) is 42.5 Å². The Morgan fingerprint density at radius 3 is 2.82 bits per heavy atom. The number of carbonyl (C=O) groups is 2. The molecule has 3 N–H and O–H groups in total. The molecule has 0 aliphatic carbocycles. The van der Waals surface area contributed by atoms with E-state index in [0.717, 1.165) is 35.3 Å². The van der Waals surface area contributed by atoms with Crippen molar-refractivity contribution in [2.45, 2.75) is 31.4 Å². The molecule has 2 aliphatic rings. The Morgan fingerprint density at radius 2 is 2.07 bits per heavy atom. The second-order valence-corrected chi connectivity index (χ2v) is 7.63. The summed E-state index contributed by atoms with van der Waals surface area (Å²) in [4.78, 5) is 26.4. The number of nitrogens with one attached hydrogen (secondary N) is 2. The van der Waals surface area contributed by atoms with Crippen molar-refractivity contribution in [3.8, 4) is 0 Å². The van der Waals surface area contributed by atoms with Gasteiger partial charge in [-0.15, -0.1) is 0 Å². The van der Waals surface area contributed by atoms with E-state index in [-0.39, 0.29) is 30.4 Å². The van der Waals surface area contributed by atoms with Crippen LogP contribution in [0, 0.1) is 0 Å². The Morgan fingerprint density at radius 1 is 1.25 bits per heavy atom. The van der Waals surface area contributed by atoms with Gasteiger partial charge in [0.1, 0.15) is 0 Å². The van der Waals surface area contributed by atoms with Gasteiger partial charge < -0.3 is 15.7 Å². The largest absolute Gasteiger partial charge is 0.392 e. The molecule has 0 spiro atoms. The lowest BCUT2D eigenvalue weighted by molar-refractivity contribution is -0.121. The molecule has 2 aromatic carbocycles. The van der Waals surface area contributed by atoms with Crippen LogP contribution in [0.2, 0.25) is 0 Å². The first-order valence-electron chi connectivity index (χ1n) is 9.73. The molecule has 2 aliphatic heterocycles. The molecule has 0 saturated carbocycles. The Bertz CT molecular complexity index is 869. The lowest BCUT2D eigenvalue weighted by atomic mass is 10.0. The van der Waals surface area contributed by atoms with Crippen LogP contribution in [0.5, 0.6) is 0 Å². The van der Waals surface area contributed by atoms with Crippen LogP contribution in [0.25, 0.3) is 0 Å². The maximum atomic E-state index is 12.7. The quantitative estimate of drug-likeness (QED) is 0.713. The third kappa shape index (κ3) is 4.40. The summed E-state index contributed by atoms with van der Waals surface area (Å²) in [5.74, 6) is -0.0635. The number of nitrogens with zero attached hydrogens (tertiary/aromatic N) is 1. The van der Waals surface area contributed by atoms with E-state index < -0.39 is 0 Å². The number of carbonyl (C=O) groups excluding carboxylic acids is 2. The molecule has 1 unspecified atom stereocenters. The van der Waals surface area contributed by atoms with Crippen LogP contribution in [0.15, 0.2) is 48.5 Å². The van der Waals surface area contributed by atoms with Crippen LogP contribution in [0.4, 0.5) is 5.69 Å². The van der Waals surface area contributed by atoms with E-state index in [0.29, 0.717) is 19.5 Å². The first kappa shape index (κ1) is 18.7. The third-order valence-electron chi connectivity index (χ3n) is 5.39. The van der Waals surface area contributed by atoms with Gasteiger partial charge in [0.2, 0.25) is 11.8 Å². The zero-order valence-electron chi connectivity index (χ0n) is 15.7.